The van der Waals surface area contributed by atoms with Crippen LogP contribution in [0.2, 0.25) is 0 Å². The smallest absolute Gasteiger partial charge is 0.251 e. The summed E-state index contributed by atoms with van der Waals surface area (Å²) in [5.41, 5.74) is 6.44. The number of hydrogen-bond donors (Lipinski definition) is 1. The summed E-state index contributed by atoms with van der Waals surface area (Å²) in [6.07, 6.45) is 2.71. The number of hydrogen-bond acceptors (Lipinski definition) is 8. The van der Waals surface area contributed by atoms with Crippen molar-refractivity contribution in [2.24, 2.45) is 0 Å². The molecule has 0 spiro atoms. The van der Waals surface area contributed by atoms with Gasteiger partial charge in [-0.1, -0.05) is 12.6 Å². The molecule has 2 aliphatic heterocycles. The Labute approximate surface area is 267 Å². The maximum atomic E-state index is 14.6. The third kappa shape index (κ3) is 5.41. The van der Waals surface area contributed by atoms with E-state index in [9.17, 15) is 14.0 Å². The normalized spacial score (nSPS) is 14.2. The Hall–Kier alpha value is -4.45. The Morgan fingerprint density at radius 2 is 1.98 bits per heavy atom. The quantitative estimate of drug-likeness (QED) is 0.159. The van der Waals surface area contributed by atoms with Gasteiger partial charge in [-0.05, 0) is 53.8 Å². The molecule has 5 aromatic rings. The third-order valence-electron chi connectivity index (χ3n) is 8.09. The van der Waals surface area contributed by atoms with Crippen molar-refractivity contribution in [2.75, 3.05) is 33.4 Å². The van der Waals surface area contributed by atoms with E-state index >= 15 is 0 Å². The van der Waals surface area contributed by atoms with Gasteiger partial charge in [-0.3, -0.25) is 9.59 Å². The molecule has 1 N–H and O–H groups in total. The van der Waals surface area contributed by atoms with Crippen molar-refractivity contribution in [3.05, 3.63) is 88.0 Å². The first-order valence-electron chi connectivity index (χ1n) is 14.6. The predicted octanol–water partition coefficient (Wildman–Crippen LogP) is 6.27. The lowest BCUT2D eigenvalue weighted by Crippen LogP contribution is -2.34. The van der Waals surface area contributed by atoms with E-state index in [0.717, 1.165) is 49.5 Å². The molecule has 45 heavy (non-hydrogen) atoms. The van der Waals surface area contributed by atoms with E-state index in [1.807, 2.05) is 23.6 Å². The minimum atomic E-state index is -0.408. The molecule has 0 unspecified atom stereocenters. The Balaban J connectivity index is 1.45. The number of thiazole rings is 1. The molecule has 0 fully saturated rings. The molecule has 11 heteroatoms. The highest BCUT2D eigenvalue weighted by atomic mass is 32.1. The molecule has 0 saturated carbocycles. The van der Waals surface area contributed by atoms with E-state index in [1.54, 1.807) is 29.4 Å². The minimum absolute atomic E-state index is 0.0675. The Bertz CT molecular complexity index is 1980. The van der Waals surface area contributed by atoms with E-state index in [1.165, 1.54) is 29.5 Å². The second kappa shape index (κ2) is 12.2. The molecule has 2 amide bonds. The topological polar surface area (TPSA) is 93.7 Å². The van der Waals surface area contributed by atoms with Crippen molar-refractivity contribution in [1.82, 2.24) is 20.2 Å². The van der Waals surface area contributed by atoms with Gasteiger partial charge < -0.3 is 19.7 Å². The number of carbonyl (C=O) groups is 2. The average molecular weight is 641 g/mol. The molecule has 0 atom stereocenters. The molecular formula is C34H29FN4O4S2. The SMILES string of the molecule is C=CC(=O)N1CCc2nc(-c3nc(-c4ccc5c(c4)CCNC5=O)c4ccsc4c3-c3ccc(F)cc3OCCOC)sc2C1. The van der Waals surface area contributed by atoms with Crippen molar-refractivity contribution >= 4 is 44.6 Å². The van der Waals surface area contributed by atoms with E-state index < -0.39 is 5.82 Å². The monoisotopic (exact) mass is 640 g/mol. The number of carbonyl (C=O) groups excluding carboxylic acids is 2. The van der Waals surface area contributed by atoms with E-state index in [-0.39, 0.29) is 18.4 Å². The predicted molar refractivity (Wildman–Crippen MR) is 174 cm³/mol. The average Bonchev–Trinajstić information content (AvgIpc) is 3.71. The number of nitrogens with one attached hydrogen (secondary N) is 1. The molecule has 7 rings (SSSR count). The van der Waals surface area contributed by atoms with Crippen LogP contribution in [0.3, 0.4) is 0 Å². The molecule has 228 valence electrons. The molecular weight excluding hydrogens is 612 g/mol. The number of ether oxygens (including phenoxy) is 2. The number of methoxy groups -OCH3 is 1. The highest BCUT2D eigenvalue weighted by molar-refractivity contribution is 7.18. The van der Waals surface area contributed by atoms with Crippen LogP contribution in [-0.2, 0) is 28.9 Å². The summed E-state index contributed by atoms with van der Waals surface area (Å²) in [6.45, 7) is 5.86. The molecule has 0 bridgehead atoms. The van der Waals surface area contributed by atoms with Gasteiger partial charge in [-0.2, -0.15) is 0 Å². The number of thiophene rings is 1. The summed E-state index contributed by atoms with van der Waals surface area (Å²) in [4.78, 5) is 38.0. The van der Waals surface area contributed by atoms with Gasteiger partial charge in [0.1, 0.15) is 28.9 Å². The lowest BCUT2D eigenvalue weighted by atomic mass is 9.94. The zero-order chi connectivity index (χ0) is 31.1. The first-order chi connectivity index (χ1) is 21.9. The standard InChI is InChI=1S/C34H29FN4O4S2/c1-3-28(40)39-12-9-25-27(18-39)45-34(37-25)31-29(23-7-5-21(35)17-26(23)43-14-13-42-2)32-24(10-15-44-32)30(38-31)20-4-6-22-19(16-20)8-11-36-33(22)41/h3-7,10,15-17H,1,8-9,11-14,18H2,2H3,(H,36,41). The number of amides is 2. The van der Waals surface area contributed by atoms with Gasteiger partial charge in [0.25, 0.3) is 5.91 Å². The maximum absolute atomic E-state index is 14.6. The largest absolute Gasteiger partial charge is 0.490 e. The van der Waals surface area contributed by atoms with Gasteiger partial charge in [0.2, 0.25) is 5.91 Å². The molecule has 2 aliphatic rings. The fourth-order valence-corrected chi connectivity index (χ4v) is 7.97. The Morgan fingerprint density at radius 1 is 1.11 bits per heavy atom. The van der Waals surface area contributed by atoms with Crippen LogP contribution < -0.4 is 10.1 Å². The van der Waals surface area contributed by atoms with Crippen molar-refractivity contribution in [1.29, 1.82) is 0 Å². The zero-order valence-electron chi connectivity index (χ0n) is 24.5. The van der Waals surface area contributed by atoms with Crippen LogP contribution in [-0.4, -0.2) is 60.1 Å². The first kappa shape index (κ1) is 29.3. The lowest BCUT2D eigenvalue weighted by molar-refractivity contribution is -0.126. The minimum Gasteiger partial charge on any atom is -0.490 e. The molecule has 0 aliphatic carbocycles. The molecule has 3 aromatic heterocycles. The van der Waals surface area contributed by atoms with Gasteiger partial charge in [-0.15, -0.1) is 22.7 Å². The fourth-order valence-electron chi connectivity index (χ4n) is 5.90. The summed E-state index contributed by atoms with van der Waals surface area (Å²) in [5.74, 6) is -0.194. The van der Waals surface area contributed by atoms with Crippen LogP contribution in [0.15, 0.2) is 60.5 Å². The Kier molecular flexibility index (Phi) is 7.90. The number of fused-ring (bicyclic) bond motifs is 3. The molecule has 0 saturated heterocycles. The second-order valence-corrected chi connectivity index (χ2v) is 12.8. The molecule has 8 nitrogen and oxygen atoms in total. The van der Waals surface area contributed by atoms with Crippen LogP contribution in [0.1, 0.15) is 26.5 Å². The number of nitrogens with zero attached hydrogens (tertiary/aromatic N) is 3. The number of pyridine rings is 1. The van der Waals surface area contributed by atoms with Gasteiger partial charge in [0.15, 0.2) is 0 Å². The first-order valence-corrected chi connectivity index (χ1v) is 16.3. The highest BCUT2D eigenvalue weighted by Gasteiger charge is 2.28. The number of halogens is 1. The van der Waals surface area contributed by atoms with Crippen LogP contribution in [0.25, 0.3) is 43.2 Å². The van der Waals surface area contributed by atoms with Crippen molar-refractivity contribution in [3.8, 4) is 38.8 Å². The molecule has 5 heterocycles. The second-order valence-electron chi connectivity index (χ2n) is 10.8. The van der Waals surface area contributed by atoms with E-state index in [4.69, 9.17) is 19.4 Å². The summed E-state index contributed by atoms with van der Waals surface area (Å²) in [7, 11) is 1.59. The van der Waals surface area contributed by atoms with Crippen LogP contribution >= 0.6 is 22.7 Å². The molecule has 2 aromatic carbocycles. The highest BCUT2D eigenvalue weighted by Crippen LogP contribution is 2.47. The van der Waals surface area contributed by atoms with Crippen LogP contribution in [0, 0.1) is 5.82 Å². The lowest BCUT2D eigenvalue weighted by Gasteiger charge is -2.24. The fraction of sp³-hybridized carbons (Fsp3) is 0.235. The summed E-state index contributed by atoms with van der Waals surface area (Å²) < 4.78 is 26.8. The zero-order valence-corrected chi connectivity index (χ0v) is 26.2. The van der Waals surface area contributed by atoms with Gasteiger partial charge >= 0.3 is 0 Å². The van der Waals surface area contributed by atoms with Gasteiger partial charge in [-0.25, -0.2) is 14.4 Å². The van der Waals surface area contributed by atoms with Gasteiger partial charge in [0.05, 0.1) is 24.5 Å². The van der Waals surface area contributed by atoms with Crippen LogP contribution in [0.5, 0.6) is 5.75 Å². The van der Waals surface area contributed by atoms with Crippen molar-refractivity contribution in [3.63, 3.8) is 0 Å². The summed E-state index contributed by atoms with van der Waals surface area (Å²) >= 11 is 3.09. The van der Waals surface area contributed by atoms with Crippen LogP contribution in [0.4, 0.5) is 4.39 Å². The van der Waals surface area contributed by atoms with Crippen molar-refractivity contribution in [2.45, 2.75) is 19.4 Å². The summed E-state index contributed by atoms with van der Waals surface area (Å²) in [5, 5.41) is 6.58. The van der Waals surface area contributed by atoms with Gasteiger partial charge in [0, 0.05) is 69.9 Å². The number of rotatable bonds is 8. The number of aromatic nitrogens is 2. The molecule has 0 radical (unpaired) electrons. The maximum Gasteiger partial charge on any atom is 0.251 e. The van der Waals surface area contributed by atoms with E-state index in [2.05, 4.69) is 18.0 Å². The third-order valence-corrected chi connectivity index (χ3v) is 10.1. The Morgan fingerprint density at radius 3 is 2.82 bits per heavy atom. The summed E-state index contributed by atoms with van der Waals surface area (Å²) in [6, 6.07) is 12.4. The number of benzene rings is 2. The van der Waals surface area contributed by atoms with E-state index in [0.29, 0.717) is 60.2 Å². The van der Waals surface area contributed by atoms with Crippen molar-refractivity contribution < 1.29 is 23.5 Å².